The average molecular weight is 322 g/mol. The lowest BCUT2D eigenvalue weighted by Crippen LogP contribution is -2.25. The molecule has 0 aliphatic heterocycles. The fourth-order valence-electron chi connectivity index (χ4n) is 1.17. The van der Waals surface area contributed by atoms with Crippen molar-refractivity contribution in [1.82, 2.24) is 10.6 Å². The Bertz CT molecular complexity index is 279. The summed E-state index contributed by atoms with van der Waals surface area (Å²) < 4.78 is 15.8. The van der Waals surface area contributed by atoms with Crippen LogP contribution in [0.2, 0.25) is 0 Å². The molecule has 0 aromatic carbocycles. The number of thioether (sulfide) groups is 1. The number of carbonyl (C=O) groups excluding carboxylic acids is 2. The lowest BCUT2D eigenvalue weighted by molar-refractivity contribution is -0.118. The molecule has 1 amide bonds. The van der Waals surface area contributed by atoms with Crippen LogP contribution in [-0.2, 0) is 19.0 Å². The van der Waals surface area contributed by atoms with Crippen molar-refractivity contribution in [1.29, 1.82) is 0 Å². The van der Waals surface area contributed by atoms with E-state index in [0.29, 0.717) is 58.5 Å². The Balaban J connectivity index is 3.09. The van der Waals surface area contributed by atoms with Gasteiger partial charge in [0.1, 0.15) is 5.78 Å². The summed E-state index contributed by atoms with van der Waals surface area (Å²) in [5.74, 6) is 0.718. The molecule has 2 N–H and O–H groups in total. The standard InChI is InChI=1S/C13H26N2O5S/c1-12(16)3-5-18-7-9-20-10-8-19-6-4-15-13(17)21-11-14-2/h14H,3-11H2,1-2H3,(H,15,17). The summed E-state index contributed by atoms with van der Waals surface area (Å²) >= 11 is 1.18. The normalized spacial score (nSPS) is 10.6. The highest BCUT2D eigenvalue weighted by molar-refractivity contribution is 8.13. The molecule has 0 heterocycles. The van der Waals surface area contributed by atoms with E-state index in [9.17, 15) is 9.59 Å². The van der Waals surface area contributed by atoms with Crippen molar-refractivity contribution < 1.29 is 23.8 Å². The summed E-state index contributed by atoms with van der Waals surface area (Å²) in [6, 6.07) is 0. The monoisotopic (exact) mass is 322 g/mol. The predicted octanol–water partition coefficient (Wildman–Crippen LogP) is 0.635. The summed E-state index contributed by atoms with van der Waals surface area (Å²) in [5.41, 5.74) is 0. The van der Waals surface area contributed by atoms with E-state index >= 15 is 0 Å². The molecule has 21 heavy (non-hydrogen) atoms. The summed E-state index contributed by atoms with van der Waals surface area (Å²) in [6.07, 6.45) is 0.446. The minimum atomic E-state index is -0.0630. The molecule has 0 aliphatic carbocycles. The van der Waals surface area contributed by atoms with E-state index in [1.807, 2.05) is 0 Å². The molecule has 0 radical (unpaired) electrons. The number of ether oxygens (including phenoxy) is 3. The maximum absolute atomic E-state index is 11.2. The zero-order chi connectivity index (χ0) is 15.8. The van der Waals surface area contributed by atoms with Gasteiger partial charge in [0, 0.05) is 13.0 Å². The van der Waals surface area contributed by atoms with Crippen LogP contribution in [0.25, 0.3) is 0 Å². The lowest BCUT2D eigenvalue weighted by Gasteiger charge is -2.07. The third-order valence-corrected chi connectivity index (χ3v) is 3.05. The predicted molar refractivity (Wildman–Crippen MR) is 82.7 cm³/mol. The fourth-order valence-corrected chi connectivity index (χ4v) is 1.65. The van der Waals surface area contributed by atoms with Crippen LogP contribution in [0.1, 0.15) is 13.3 Å². The van der Waals surface area contributed by atoms with Crippen molar-refractivity contribution in [2.75, 3.05) is 59.1 Å². The lowest BCUT2D eigenvalue weighted by atomic mass is 10.3. The van der Waals surface area contributed by atoms with Crippen LogP contribution in [-0.4, -0.2) is 70.1 Å². The highest BCUT2D eigenvalue weighted by Crippen LogP contribution is 1.96. The molecule has 0 rings (SSSR count). The molecule has 0 aromatic rings. The molecule has 0 atom stereocenters. The van der Waals surface area contributed by atoms with E-state index in [1.165, 1.54) is 11.8 Å². The van der Waals surface area contributed by atoms with Gasteiger partial charge in [0.2, 0.25) is 0 Å². The van der Waals surface area contributed by atoms with Gasteiger partial charge in [0.05, 0.1) is 45.5 Å². The molecule has 0 fully saturated rings. The molecule has 0 saturated carbocycles. The minimum Gasteiger partial charge on any atom is -0.379 e. The van der Waals surface area contributed by atoms with Gasteiger partial charge in [-0.2, -0.15) is 0 Å². The van der Waals surface area contributed by atoms with E-state index in [0.717, 1.165) is 0 Å². The Morgan fingerprint density at radius 1 is 0.952 bits per heavy atom. The number of amides is 1. The van der Waals surface area contributed by atoms with Gasteiger partial charge >= 0.3 is 0 Å². The second-order valence-electron chi connectivity index (χ2n) is 4.15. The molecule has 124 valence electrons. The van der Waals surface area contributed by atoms with Crippen molar-refractivity contribution in [3.8, 4) is 0 Å². The quantitative estimate of drug-likeness (QED) is 0.358. The van der Waals surface area contributed by atoms with Crippen molar-refractivity contribution in [3.05, 3.63) is 0 Å². The van der Waals surface area contributed by atoms with Crippen LogP contribution in [0.15, 0.2) is 0 Å². The largest absolute Gasteiger partial charge is 0.379 e. The highest BCUT2D eigenvalue weighted by atomic mass is 32.2. The number of ketones is 1. The first kappa shape index (κ1) is 20.3. The van der Waals surface area contributed by atoms with E-state index < -0.39 is 0 Å². The molecular weight excluding hydrogens is 296 g/mol. The van der Waals surface area contributed by atoms with E-state index in [-0.39, 0.29) is 11.0 Å². The van der Waals surface area contributed by atoms with Crippen molar-refractivity contribution in [2.45, 2.75) is 13.3 Å². The van der Waals surface area contributed by atoms with Crippen molar-refractivity contribution >= 4 is 22.8 Å². The van der Waals surface area contributed by atoms with E-state index in [4.69, 9.17) is 14.2 Å². The summed E-state index contributed by atoms with van der Waals surface area (Å²) in [6.45, 7) is 4.86. The van der Waals surface area contributed by atoms with E-state index in [1.54, 1.807) is 14.0 Å². The molecule has 0 aromatic heterocycles. The van der Waals surface area contributed by atoms with Crippen LogP contribution in [0, 0.1) is 0 Å². The number of rotatable bonds is 14. The first-order valence-electron chi connectivity index (χ1n) is 6.94. The Morgan fingerprint density at radius 2 is 1.52 bits per heavy atom. The van der Waals surface area contributed by atoms with Crippen LogP contribution >= 0.6 is 11.8 Å². The van der Waals surface area contributed by atoms with Crippen LogP contribution < -0.4 is 10.6 Å². The topological polar surface area (TPSA) is 85.9 Å². The van der Waals surface area contributed by atoms with Crippen molar-refractivity contribution in [2.24, 2.45) is 0 Å². The molecule has 7 nitrogen and oxygen atoms in total. The van der Waals surface area contributed by atoms with Gasteiger partial charge in [-0.25, -0.2) is 0 Å². The first-order chi connectivity index (χ1) is 10.2. The molecule has 0 saturated heterocycles. The Kier molecular flexibility index (Phi) is 15.2. The van der Waals surface area contributed by atoms with Gasteiger partial charge in [-0.1, -0.05) is 0 Å². The Labute approximate surface area is 130 Å². The molecule has 0 spiro atoms. The van der Waals surface area contributed by atoms with Crippen molar-refractivity contribution in [3.63, 3.8) is 0 Å². The first-order valence-corrected chi connectivity index (χ1v) is 7.93. The van der Waals surface area contributed by atoms with E-state index in [2.05, 4.69) is 10.6 Å². The van der Waals surface area contributed by atoms with Gasteiger partial charge in [-0.15, -0.1) is 0 Å². The second-order valence-corrected chi connectivity index (χ2v) is 5.09. The van der Waals surface area contributed by atoms with Crippen LogP contribution in [0.3, 0.4) is 0 Å². The highest BCUT2D eigenvalue weighted by Gasteiger charge is 1.99. The zero-order valence-electron chi connectivity index (χ0n) is 12.8. The summed E-state index contributed by atoms with van der Waals surface area (Å²) in [5, 5.41) is 5.53. The molecule has 0 unspecified atom stereocenters. The van der Waals surface area contributed by atoms with Crippen LogP contribution in [0.4, 0.5) is 4.79 Å². The number of hydrogen-bond donors (Lipinski definition) is 2. The molecule has 0 aliphatic rings. The van der Waals surface area contributed by atoms with Gasteiger partial charge in [0.15, 0.2) is 0 Å². The Morgan fingerprint density at radius 3 is 2.10 bits per heavy atom. The molecule has 8 heteroatoms. The van der Waals surface area contributed by atoms with Gasteiger partial charge in [-0.3, -0.25) is 9.59 Å². The summed E-state index contributed by atoms with van der Waals surface area (Å²) in [7, 11) is 1.79. The fraction of sp³-hybridized carbons (Fsp3) is 0.846. The smallest absolute Gasteiger partial charge is 0.280 e. The Hall–Kier alpha value is -0.670. The minimum absolute atomic E-state index is 0.0630. The average Bonchev–Trinajstić information content (AvgIpc) is 2.45. The summed E-state index contributed by atoms with van der Waals surface area (Å²) in [4.78, 5) is 21.8. The maximum Gasteiger partial charge on any atom is 0.280 e. The number of hydrogen-bond acceptors (Lipinski definition) is 7. The molecule has 0 bridgehead atoms. The molecular formula is C13H26N2O5S. The third-order valence-electron chi connectivity index (χ3n) is 2.21. The number of Topliss-reactive ketones (excluding diaryl/α,β-unsaturated/α-hetero) is 1. The second kappa shape index (κ2) is 15.7. The number of carbonyl (C=O) groups is 2. The van der Waals surface area contributed by atoms with Gasteiger partial charge in [-0.05, 0) is 25.7 Å². The van der Waals surface area contributed by atoms with Gasteiger partial charge in [0.25, 0.3) is 5.24 Å². The zero-order valence-corrected chi connectivity index (χ0v) is 13.6. The number of nitrogens with one attached hydrogen (secondary N) is 2. The SMILES string of the molecule is CNCSC(=O)NCCOCCOCCOCCC(C)=O. The van der Waals surface area contributed by atoms with Crippen LogP contribution in [0.5, 0.6) is 0 Å². The third kappa shape index (κ3) is 17.3. The van der Waals surface area contributed by atoms with Gasteiger partial charge < -0.3 is 24.8 Å². The maximum atomic E-state index is 11.2.